The molecular formula is C24H39N3O5. The van der Waals surface area contributed by atoms with Gasteiger partial charge in [-0.3, -0.25) is 9.59 Å². The molecule has 0 fully saturated rings. The predicted octanol–water partition coefficient (Wildman–Crippen LogP) is 3.33. The first-order chi connectivity index (χ1) is 15.3. The molecule has 0 aliphatic carbocycles. The van der Waals surface area contributed by atoms with E-state index >= 15 is 0 Å². The van der Waals surface area contributed by atoms with Crippen LogP contribution in [0.5, 0.6) is 5.75 Å². The standard InChI is InChI=1S/C22H33N3O5.C2H6/c1-15(2)23-21(27)19-14-17-9-8-10-18(13-17)29-11-6-4-5-7-12-30-22(28)24-16(3)20(26)25-19;1-2/h8-10,13,15-16,19H,4-7,11-12,14H2,1-3H3,(H,23,27)(H,24,28)(H,25,26);1-2H3/t16-,19?;/m0./s1. The minimum atomic E-state index is -0.833. The Balaban J connectivity index is 0.00000249. The van der Waals surface area contributed by atoms with Gasteiger partial charge in [-0.15, -0.1) is 0 Å². The van der Waals surface area contributed by atoms with Gasteiger partial charge in [0.05, 0.1) is 13.2 Å². The number of cyclic esters (lactones) is 1. The van der Waals surface area contributed by atoms with E-state index in [1.54, 1.807) is 6.92 Å². The van der Waals surface area contributed by atoms with Gasteiger partial charge in [-0.2, -0.15) is 0 Å². The molecule has 0 spiro atoms. The second-order valence-electron chi connectivity index (χ2n) is 7.84. The Labute approximate surface area is 191 Å². The van der Waals surface area contributed by atoms with Crippen molar-refractivity contribution in [1.82, 2.24) is 16.0 Å². The maximum Gasteiger partial charge on any atom is 0.407 e. The van der Waals surface area contributed by atoms with Crippen LogP contribution in [0.1, 0.15) is 65.9 Å². The molecule has 0 saturated carbocycles. The van der Waals surface area contributed by atoms with Crippen LogP contribution in [-0.2, 0) is 20.7 Å². The Morgan fingerprint density at radius 2 is 1.69 bits per heavy atom. The van der Waals surface area contributed by atoms with Gasteiger partial charge in [0.25, 0.3) is 0 Å². The predicted molar refractivity (Wildman–Crippen MR) is 125 cm³/mol. The number of carbonyl (C=O) groups is 3. The van der Waals surface area contributed by atoms with Gasteiger partial charge in [-0.25, -0.2) is 4.79 Å². The molecule has 2 rings (SSSR count). The summed E-state index contributed by atoms with van der Waals surface area (Å²) in [7, 11) is 0. The van der Waals surface area contributed by atoms with Crippen molar-refractivity contribution in [3.05, 3.63) is 29.8 Å². The van der Waals surface area contributed by atoms with Gasteiger partial charge in [-0.05, 0) is 64.2 Å². The van der Waals surface area contributed by atoms with Crippen molar-refractivity contribution in [1.29, 1.82) is 0 Å². The third kappa shape index (κ3) is 10.5. The zero-order chi connectivity index (χ0) is 23.9. The highest BCUT2D eigenvalue weighted by Crippen LogP contribution is 2.16. The summed E-state index contributed by atoms with van der Waals surface area (Å²) >= 11 is 0. The largest absolute Gasteiger partial charge is 0.494 e. The minimum absolute atomic E-state index is 0.0670. The molecule has 3 amide bonds. The Kier molecular flexibility index (Phi) is 12.9. The molecule has 2 bridgehead atoms. The first-order valence-corrected chi connectivity index (χ1v) is 11.6. The minimum Gasteiger partial charge on any atom is -0.494 e. The summed E-state index contributed by atoms with van der Waals surface area (Å²) in [6.07, 6.45) is 3.22. The van der Waals surface area contributed by atoms with Crippen LogP contribution in [0.3, 0.4) is 0 Å². The number of rotatable bonds is 2. The van der Waals surface area contributed by atoms with Crippen LogP contribution in [0.25, 0.3) is 0 Å². The van der Waals surface area contributed by atoms with Crippen molar-refractivity contribution in [2.24, 2.45) is 0 Å². The lowest BCUT2D eigenvalue weighted by Gasteiger charge is -2.22. The monoisotopic (exact) mass is 449 g/mol. The highest BCUT2D eigenvalue weighted by molar-refractivity contribution is 5.91. The van der Waals surface area contributed by atoms with Gasteiger partial charge in [0.1, 0.15) is 17.8 Å². The molecule has 32 heavy (non-hydrogen) atoms. The Hall–Kier alpha value is -2.77. The van der Waals surface area contributed by atoms with Crippen molar-refractivity contribution in [2.75, 3.05) is 13.2 Å². The molecule has 1 aromatic carbocycles. The zero-order valence-corrected chi connectivity index (χ0v) is 20.0. The molecular weight excluding hydrogens is 410 g/mol. The smallest absolute Gasteiger partial charge is 0.407 e. The van der Waals surface area contributed by atoms with Crippen LogP contribution >= 0.6 is 0 Å². The number of hydrogen-bond acceptors (Lipinski definition) is 5. The Morgan fingerprint density at radius 3 is 2.34 bits per heavy atom. The van der Waals surface area contributed by atoms with E-state index in [9.17, 15) is 14.4 Å². The number of alkyl carbamates (subject to hydrolysis) is 1. The average molecular weight is 450 g/mol. The lowest BCUT2D eigenvalue weighted by molar-refractivity contribution is -0.130. The van der Waals surface area contributed by atoms with Crippen LogP contribution in [0.15, 0.2) is 24.3 Å². The van der Waals surface area contributed by atoms with Gasteiger partial charge in [-0.1, -0.05) is 26.0 Å². The highest BCUT2D eigenvalue weighted by atomic mass is 16.5. The van der Waals surface area contributed by atoms with Crippen LogP contribution in [-0.4, -0.2) is 49.2 Å². The number of hydrogen-bond donors (Lipinski definition) is 3. The summed E-state index contributed by atoms with van der Waals surface area (Å²) in [6, 6.07) is 5.87. The number of carbonyl (C=O) groups excluding carboxylic acids is 3. The zero-order valence-electron chi connectivity index (χ0n) is 20.0. The van der Waals surface area contributed by atoms with Crippen LogP contribution in [0.4, 0.5) is 4.79 Å². The van der Waals surface area contributed by atoms with E-state index in [-0.39, 0.29) is 11.9 Å². The maximum absolute atomic E-state index is 12.7. The topological polar surface area (TPSA) is 106 Å². The molecule has 3 N–H and O–H groups in total. The van der Waals surface area contributed by atoms with Crippen molar-refractivity contribution >= 4 is 17.9 Å². The van der Waals surface area contributed by atoms with Crippen molar-refractivity contribution < 1.29 is 23.9 Å². The number of fused-ring (bicyclic) bond motifs is 2. The van der Waals surface area contributed by atoms with Crippen LogP contribution in [0, 0.1) is 0 Å². The summed E-state index contributed by atoms with van der Waals surface area (Å²) in [5.41, 5.74) is 0.873. The maximum atomic E-state index is 12.7. The fraction of sp³-hybridized carbons (Fsp3) is 0.625. The molecule has 8 nitrogen and oxygen atoms in total. The number of amides is 3. The summed E-state index contributed by atoms with van der Waals surface area (Å²) in [5.74, 6) is 0.00477. The molecule has 180 valence electrons. The summed E-state index contributed by atoms with van der Waals surface area (Å²) in [6.45, 7) is 10.2. The van der Waals surface area contributed by atoms with Crippen molar-refractivity contribution in [3.8, 4) is 5.75 Å². The Bertz CT molecular complexity index is 723. The van der Waals surface area contributed by atoms with E-state index in [2.05, 4.69) is 16.0 Å². The first-order valence-electron chi connectivity index (χ1n) is 11.6. The summed E-state index contributed by atoms with van der Waals surface area (Å²) in [5, 5.41) is 8.09. The summed E-state index contributed by atoms with van der Waals surface area (Å²) < 4.78 is 10.9. The molecule has 1 aromatic rings. The van der Waals surface area contributed by atoms with E-state index < -0.39 is 24.1 Å². The number of ether oxygens (including phenoxy) is 2. The number of nitrogens with one attached hydrogen (secondary N) is 3. The van der Waals surface area contributed by atoms with Gasteiger partial charge in [0, 0.05) is 12.5 Å². The fourth-order valence-corrected chi connectivity index (χ4v) is 3.09. The SMILES string of the molecule is CC.CC(C)NC(=O)C1Cc2cccc(c2)OCCCCCCOC(=O)N[C@@H](C)C(=O)N1. The van der Waals surface area contributed by atoms with Gasteiger partial charge < -0.3 is 25.4 Å². The highest BCUT2D eigenvalue weighted by Gasteiger charge is 2.25. The van der Waals surface area contributed by atoms with E-state index in [0.717, 1.165) is 37.0 Å². The lowest BCUT2D eigenvalue weighted by atomic mass is 10.0. The second kappa shape index (κ2) is 15.1. The summed E-state index contributed by atoms with van der Waals surface area (Å²) in [4.78, 5) is 37.2. The molecule has 8 heteroatoms. The van der Waals surface area contributed by atoms with Crippen LogP contribution in [0.2, 0.25) is 0 Å². The van der Waals surface area contributed by atoms with Crippen LogP contribution < -0.4 is 20.7 Å². The van der Waals surface area contributed by atoms with Gasteiger partial charge >= 0.3 is 6.09 Å². The normalized spacial score (nSPS) is 20.7. The first kappa shape index (κ1) is 27.3. The number of benzene rings is 1. The third-order valence-corrected chi connectivity index (χ3v) is 4.67. The van der Waals surface area contributed by atoms with Crippen molar-refractivity contribution in [3.63, 3.8) is 0 Å². The van der Waals surface area contributed by atoms with Gasteiger partial charge in [0.15, 0.2) is 0 Å². The molecule has 0 saturated heterocycles. The molecule has 1 aliphatic heterocycles. The molecule has 1 heterocycles. The fourth-order valence-electron chi connectivity index (χ4n) is 3.09. The van der Waals surface area contributed by atoms with E-state index in [1.807, 2.05) is 52.0 Å². The molecule has 2 atom stereocenters. The molecule has 0 radical (unpaired) electrons. The molecule has 1 aliphatic rings. The Morgan fingerprint density at radius 1 is 1.03 bits per heavy atom. The lowest BCUT2D eigenvalue weighted by Crippen LogP contribution is -2.54. The average Bonchev–Trinajstić information content (AvgIpc) is 2.75. The van der Waals surface area contributed by atoms with Crippen molar-refractivity contribution in [2.45, 2.75) is 84.8 Å². The quantitative estimate of drug-likeness (QED) is 0.642. The third-order valence-electron chi connectivity index (χ3n) is 4.67. The van der Waals surface area contributed by atoms with Gasteiger partial charge in [0.2, 0.25) is 11.8 Å². The van der Waals surface area contributed by atoms with E-state index in [4.69, 9.17) is 9.47 Å². The van der Waals surface area contributed by atoms with E-state index in [0.29, 0.717) is 19.6 Å². The second-order valence-corrected chi connectivity index (χ2v) is 7.84. The van der Waals surface area contributed by atoms with E-state index in [1.165, 1.54) is 0 Å². The molecule has 1 unspecified atom stereocenters. The molecule has 0 aromatic heterocycles.